The lowest BCUT2D eigenvalue weighted by molar-refractivity contribution is -0.116. The summed E-state index contributed by atoms with van der Waals surface area (Å²) >= 11 is 0. The second-order valence-corrected chi connectivity index (χ2v) is 4.67. The Kier molecular flexibility index (Phi) is 5.71. The number of nitrogens with two attached hydrogens (primary N) is 1. The van der Waals surface area contributed by atoms with Crippen molar-refractivity contribution in [2.45, 2.75) is 6.61 Å². The van der Waals surface area contributed by atoms with E-state index >= 15 is 0 Å². The van der Waals surface area contributed by atoms with Gasteiger partial charge in [0.25, 0.3) is 5.91 Å². The zero-order valence-electron chi connectivity index (χ0n) is 12.6. The third kappa shape index (κ3) is 4.82. The Labute approximate surface area is 133 Å². The molecular weight excluding hydrogens is 299 g/mol. The number of carbonyl (C=O) groups is 1. The predicted molar refractivity (Wildman–Crippen MR) is 85.1 cm³/mol. The fourth-order valence-corrected chi connectivity index (χ4v) is 1.92. The number of carbonyl (C=O) groups excluding carboxylic acids is 1. The second-order valence-electron chi connectivity index (χ2n) is 4.67. The summed E-state index contributed by atoms with van der Waals surface area (Å²) in [6.07, 6.45) is 2.90. The molecule has 0 bridgehead atoms. The highest BCUT2D eigenvalue weighted by molar-refractivity contribution is 5.91. The van der Waals surface area contributed by atoms with E-state index in [-0.39, 0.29) is 12.4 Å². The van der Waals surface area contributed by atoms with E-state index in [9.17, 15) is 9.18 Å². The monoisotopic (exact) mass is 316 g/mol. The number of nitrogens with one attached hydrogen (secondary N) is 1. The first-order valence-electron chi connectivity index (χ1n) is 6.86. The Hall–Kier alpha value is -2.86. The van der Waals surface area contributed by atoms with Crippen LogP contribution in [0.4, 0.5) is 4.39 Å². The van der Waals surface area contributed by atoms with Gasteiger partial charge in [-0.1, -0.05) is 18.2 Å². The Morgan fingerprint density at radius 1 is 1.26 bits per heavy atom. The van der Waals surface area contributed by atoms with Crippen LogP contribution in [0, 0.1) is 5.82 Å². The van der Waals surface area contributed by atoms with Crippen LogP contribution in [0.1, 0.15) is 11.1 Å². The van der Waals surface area contributed by atoms with Crippen LogP contribution < -0.4 is 20.7 Å². The van der Waals surface area contributed by atoms with E-state index < -0.39 is 5.91 Å². The van der Waals surface area contributed by atoms with Crippen molar-refractivity contribution >= 4 is 12.0 Å². The number of amides is 1. The lowest BCUT2D eigenvalue weighted by atomic mass is 10.2. The quantitative estimate of drug-likeness (QED) is 0.371. The summed E-state index contributed by atoms with van der Waals surface area (Å²) < 4.78 is 24.1. The van der Waals surface area contributed by atoms with E-state index in [2.05, 4.69) is 0 Å². The van der Waals surface area contributed by atoms with Crippen LogP contribution in [0.15, 0.2) is 48.5 Å². The summed E-state index contributed by atoms with van der Waals surface area (Å²) in [4.78, 5) is 11.1. The van der Waals surface area contributed by atoms with Crippen molar-refractivity contribution in [2.75, 3.05) is 7.11 Å². The molecule has 0 unspecified atom stereocenters. The zero-order chi connectivity index (χ0) is 16.7. The van der Waals surface area contributed by atoms with E-state index in [1.54, 1.807) is 36.4 Å². The minimum absolute atomic E-state index is 0.199. The van der Waals surface area contributed by atoms with Gasteiger partial charge in [-0.05, 0) is 41.5 Å². The molecule has 0 heterocycles. The average Bonchev–Trinajstić information content (AvgIpc) is 2.58. The fourth-order valence-electron chi connectivity index (χ4n) is 1.92. The molecule has 5 nitrogen and oxygen atoms in total. The van der Waals surface area contributed by atoms with E-state index in [1.807, 2.05) is 5.43 Å². The van der Waals surface area contributed by atoms with Gasteiger partial charge in [0.2, 0.25) is 0 Å². The molecule has 120 valence electrons. The van der Waals surface area contributed by atoms with Crippen LogP contribution >= 0.6 is 0 Å². The average molecular weight is 316 g/mol. The third-order valence-corrected chi connectivity index (χ3v) is 3.04. The van der Waals surface area contributed by atoms with Gasteiger partial charge in [-0.25, -0.2) is 10.2 Å². The van der Waals surface area contributed by atoms with Crippen molar-refractivity contribution in [1.82, 2.24) is 5.43 Å². The van der Waals surface area contributed by atoms with E-state index in [4.69, 9.17) is 15.3 Å². The fraction of sp³-hybridized carbons (Fsp3) is 0.118. The molecule has 0 spiro atoms. The molecule has 0 aliphatic heterocycles. The molecule has 0 fully saturated rings. The predicted octanol–water partition coefficient (Wildman–Crippen LogP) is 2.42. The van der Waals surface area contributed by atoms with Crippen molar-refractivity contribution in [3.05, 3.63) is 65.5 Å². The highest BCUT2D eigenvalue weighted by atomic mass is 19.1. The maximum Gasteiger partial charge on any atom is 0.257 e. The van der Waals surface area contributed by atoms with Crippen molar-refractivity contribution in [3.8, 4) is 11.5 Å². The number of hydrogen-bond donors (Lipinski definition) is 2. The molecule has 2 aromatic carbocycles. The molecule has 3 N–H and O–H groups in total. The summed E-state index contributed by atoms with van der Waals surface area (Å²) in [7, 11) is 1.53. The maximum atomic E-state index is 13.2. The summed E-state index contributed by atoms with van der Waals surface area (Å²) in [6.45, 7) is 0.199. The van der Waals surface area contributed by atoms with Crippen LogP contribution in [0.5, 0.6) is 11.5 Å². The van der Waals surface area contributed by atoms with Crippen LogP contribution in [-0.2, 0) is 11.4 Å². The van der Waals surface area contributed by atoms with Gasteiger partial charge in [-0.3, -0.25) is 10.2 Å². The van der Waals surface area contributed by atoms with Gasteiger partial charge in [0.15, 0.2) is 11.5 Å². The molecule has 0 saturated heterocycles. The number of benzene rings is 2. The smallest absolute Gasteiger partial charge is 0.257 e. The summed E-state index contributed by atoms with van der Waals surface area (Å²) in [6, 6.07) is 11.4. The van der Waals surface area contributed by atoms with E-state index in [0.29, 0.717) is 17.1 Å². The molecule has 0 aliphatic carbocycles. The SMILES string of the molecule is COc1ccc(/C=C/C(=O)NN)cc1OCc1cccc(F)c1. The van der Waals surface area contributed by atoms with Crippen LogP contribution in [0.3, 0.4) is 0 Å². The topological polar surface area (TPSA) is 73.6 Å². The number of hydrogen-bond acceptors (Lipinski definition) is 4. The number of methoxy groups -OCH3 is 1. The van der Waals surface area contributed by atoms with E-state index in [0.717, 1.165) is 5.56 Å². The highest BCUT2D eigenvalue weighted by Gasteiger charge is 2.06. The molecule has 2 rings (SSSR count). The number of hydrazine groups is 1. The molecule has 1 amide bonds. The number of halogens is 1. The van der Waals surface area contributed by atoms with Gasteiger partial charge in [0.1, 0.15) is 12.4 Å². The largest absolute Gasteiger partial charge is 0.493 e. The lowest BCUT2D eigenvalue weighted by Gasteiger charge is -2.11. The minimum Gasteiger partial charge on any atom is -0.493 e. The summed E-state index contributed by atoms with van der Waals surface area (Å²) in [5, 5.41) is 0. The molecule has 23 heavy (non-hydrogen) atoms. The normalized spacial score (nSPS) is 10.6. The second kappa shape index (κ2) is 7.95. The molecule has 6 heteroatoms. The Morgan fingerprint density at radius 3 is 2.78 bits per heavy atom. The molecule has 0 atom stereocenters. The molecule has 0 aromatic heterocycles. The van der Waals surface area contributed by atoms with Crippen molar-refractivity contribution in [3.63, 3.8) is 0 Å². The van der Waals surface area contributed by atoms with Gasteiger partial charge in [0, 0.05) is 6.08 Å². The van der Waals surface area contributed by atoms with Gasteiger partial charge in [-0.2, -0.15) is 0 Å². The first-order chi connectivity index (χ1) is 11.1. The summed E-state index contributed by atoms with van der Waals surface area (Å²) in [5.41, 5.74) is 3.45. The first-order valence-corrected chi connectivity index (χ1v) is 6.86. The Balaban J connectivity index is 2.15. The van der Waals surface area contributed by atoms with Crippen molar-refractivity contribution in [1.29, 1.82) is 0 Å². The lowest BCUT2D eigenvalue weighted by Crippen LogP contribution is -2.27. The third-order valence-electron chi connectivity index (χ3n) is 3.04. The van der Waals surface area contributed by atoms with Crippen LogP contribution in [0.2, 0.25) is 0 Å². The molecule has 2 aromatic rings. The molecule has 0 radical (unpaired) electrons. The highest BCUT2D eigenvalue weighted by Crippen LogP contribution is 2.29. The van der Waals surface area contributed by atoms with Gasteiger partial charge < -0.3 is 9.47 Å². The van der Waals surface area contributed by atoms with Crippen LogP contribution in [0.25, 0.3) is 6.08 Å². The standard InChI is InChI=1S/C17H17FN2O3/c1-22-15-7-5-12(6-8-17(21)20-19)10-16(15)23-11-13-3-2-4-14(18)9-13/h2-10H,11,19H2,1H3,(H,20,21)/b8-6+. The van der Waals surface area contributed by atoms with E-state index in [1.165, 1.54) is 25.3 Å². The van der Waals surface area contributed by atoms with Crippen LogP contribution in [-0.4, -0.2) is 13.0 Å². The summed E-state index contributed by atoms with van der Waals surface area (Å²) in [5.74, 6) is 5.32. The number of rotatable bonds is 6. The number of ether oxygens (including phenoxy) is 2. The molecule has 0 saturated carbocycles. The van der Waals surface area contributed by atoms with Gasteiger partial charge >= 0.3 is 0 Å². The van der Waals surface area contributed by atoms with Gasteiger partial charge in [-0.15, -0.1) is 0 Å². The molecular formula is C17H17FN2O3. The zero-order valence-corrected chi connectivity index (χ0v) is 12.6. The maximum absolute atomic E-state index is 13.2. The molecule has 0 aliphatic rings. The van der Waals surface area contributed by atoms with Crippen molar-refractivity contribution < 1.29 is 18.7 Å². The van der Waals surface area contributed by atoms with Gasteiger partial charge in [0.05, 0.1) is 7.11 Å². The Bertz CT molecular complexity index is 717. The van der Waals surface area contributed by atoms with Crippen molar-refractivity contribution in [2.24, 2.45) is 5.84 Å². The minimum atomic E-state index is -0.414. The first kappa shape index (κ1) is 16.5. The Morgan fingerprint density at radius 2 is 2.09 bits per heavy atom.